The van der Waals surface area contributed by atoms with Crippen LogP contribution in [0.3, 0.4) is 0 Å². The molecule has 0 saturated carbocycles. The number of hydrogen-bond donors (Lipinski definition) is 2. The molecule has 24 heavy (non-hydrogen) atoms. The van der Waals surface area contributed by atoms with Crippen molar-refractivity contribution < 1.29 is 4.92 Å². The summed E-state index contributed by atoms with van der Waals surface area (Å²) in [5, 5.41) is 26.6. The second-order valence-corrected chi connectivity index (χ2v) is 5.76. The SMILES string of the molecule is O=[N+]([O-])c1ccc(NCCNc2nnc(-c3ccccn3)s2)cc1. The smallest absolute Gasteiger partial charge is 0.269 e. The van der Waals surface area contributed by atoms with Gasteiger partial charge in [0.1, 0.15) is 5.69 Å². The molecule has 3 rings (SSSR count). The summed E-state index contributed by atoms with van der Waals surface area (Å²) in [6.07, 6.45) is 1.72. The van der Waals surface area contributed by atoms with Crippen molar-refractivity contribution >= 4 is 27.8 Å². The van der Waals surface area contributed by atoms with Gasteiger partial charge in [-0.3, -0.25) is 15.1 Å². The van der Waals surface area contributed by atoms with Gasteiger partial charge in [-0.1, -0.05) is 17.4 Å². The average molecular weight is 342 g/mol. The maximum absolute atomic E-state index is 10.6. The quantitative estimate of drug-likeness (QED) is 0.386. The highest BCUT2D eigenvalue weighted by Gasteiger charge is 2.07. The van der Waals surface area contributed by atoms with Crippen molar-refractivity contribution in [2.45, 2.75) is 0 Å². The molecule has 2 heterocycles. The minimum Gasteiger partial charge on any atom is -0.383 e. The van der Waals surface area contributed by atoms with Crippen molar-refractivity contribution in [3.8, 4) is 10.7 Å². The zero-order valence-corrected chi connectivity index (χ0v) is 13.4. The Morgan fingerprint density at radius 1 is 1.04 bits per heavy atom. The van der Waals surface area contributed by atoms with Crippen LogP contribution >= 0.6 is 11.3 Å². The molecule has 0 aliphatic heterocycles. The van der Waals surface area contributed by atoms with Crippen LogP contribution in [0.4, 0.5) is 16.5 Å². The van der Waals surface area contributed by atoms with Gasteiger partial charge in [-0.05, 0) is 24.3 Å². The van der Waals surface area contributed by atoms with Gasteiger partial charge >= 0.3 is 0 Å². The highest BCUT2D eigenvalue weighted by Crippen LogP contribution is 2.24. The molecule has 0 aliphatic rings. The van der Waals surface area contributed by atoms with E-state index in [1.54, 1.807) is 18.3 Å². The number of nitro benzene ring substituents is 1. The zero-order chi connectivity index (χ0) is 16.8. The Kier molecular flexibility index (Phi) is 4.92. The summed E-state index contributed by atoms with van der Waals surface area (Å²) < 4.78 is 0. The number of pyridine rings is 1. The van der Waals surface area contributed by atoms with E-state index in [0.29, 0.717) is 13.1 Å². The molecule has 0 atom stereocenters. The van der Waals surface area contributed by atoms with Gasteiger partial charge in [0.15, 0.2) is 5.01 Å². The largest absolute Gasteiger partial charge is 0.383 e. The number of anilines is 2. The van der Waals surface area contributed by atoms with E-state index in [1.165, 1.54) is 23.5 Å². The molecule has 2 N–H and O–H groups in total. The van der Waals surface area contributed by atoms with Gasteiger partial charge in [-0.25, -0.2) is 0 Å². The molecule has 9 heteroatoms. The normalized spacial score (nSPS) is 10.3. The van der Waals surface area contributed by atoms with E-state index in [4.69, 9.17) is 0 Å². The Bertz CT molecular complexity index is 806. The summed E-state index contributed by atoms with van der Waals surface area (Å²) in [7, 11) is 0. The first-order valence-corrected chi connectivity index (χ1v) is 8.01. The molecule has 0 saturated heterocycles. The van der Waals surface area contributed by atoms with Crippen LogP contribution in [-0.2, 0) is 0 Å². The van der Waals surface area contributed by atoms with Crippen LogP contribution in [0, 0.1) is 10.1 Å². The van der Waals surface area contributed by atoms with Crippen molar-refractivity contribution in [1.29, 1.82) is 0 Å². The van der Waals surface area contributed by atoms with Crippen molar-refractivity contribution in [1.82, 2.24) is 15.2 Å². The predicted octanol–water partition coefficient (Wildman–Crippen LogP) is 3.03. The fourth-order valence-electron chi connectivity index (χ4n) is 1.96. The first-order chi connectivity index (χ1) is 11.7. The van der Waals surface area contributed by atoms with Gasteiger partial charge in [0.2, 0.25) is 5.13 Å². The Balaban J connectivity index is 1.47. The topological polar surface area (TPSA) is 106 Å². The van der Waals surface area contributed by atoms with E-state index in [1.807, 2.05) is 18.2 Å². The molecular weight excluding hydrogens is 328 g/mol. The lowest BCUT2D eigenvalue weighted by molar-refractivity contribution is -0.384. The highest BCUT2D eigenvalue weighted by atomic mass is 32.1. The van der Waals surface area contributed by atoms with Crippen molar-refractivity contribution in [3.05, 3.63) is 58.8 Å². The van der Waals surface area contributed by atoms with Crippen LogP contribution in [0.2, 0.25) is 0 Å². The lowest BCUT2D eigenvalue weighted by Crippen LogP contribution is -2.13. The average Bonchev–Trinajstić information content (AvgIpc) is 3.09. The van der Waals surface area contributed by atoms with Crippen LogP contribution in [0.15, 0.2) is 48.7 Å². The van der Waals surface area contributed by atoms with E-state index in [9.17, 15) is 10.1 Å². The Labute approximate surface area is 141 Å². The minimum absolute atomic E-state index is 0.0783. The molecule has 0 aliphatic carbocycles. The van der Waals surface area contributed by atoms with Gasteiger partial charge in [-0.2, -0.15) is 0 Å². The molecule has 0 unspecified atom stereocenters. The van der Waals surface area contributed by atoms with Crippen molar-refractivity contribution in [3.63, 3.8) is 0 Å². The fraction of sp³-hybridized carbons (Fsp3) is 0.133. The van der Waals surface area contributed by atoms with Gasteiger partial charge in [0.05, 0.1) is 4.92 Å². The number of nitro groups is 1. The molecule has 122 valence electrons. The van der Waals surface area contributed by atoms with Gasteiger partial charge in [0.25, 0.3) is 5.69 Å². The number of aromatic nitrogens is 3. The van der Waals surface area contributed by atoms with Crippen LogP contribution in [0.5, 0.6) is 0 Å². The molecule has 0 bridgehead atoms. The van der Waals surface area contributed by atoms with Crippen molar-refractivity contribution in [2.75, 3.05) is 23.7 Å². The number of nitrogens with zero attached hydrogens (tertiary/aromatic N) is 4. The summed E-state index contributed by atoms with van der Waals surface area (Å²) in [6, 6.07) is 12.0. The van der Waals surface area contributed by atoms with Gasteiger partial charge in [0, 0.05) is 37.1 Å². The van der Waals surface area contributed by atoms with Gasteiger partial charge < -0.3 is 10.6 Å². The number of non-ortho nitro benzene ring substituents is 1. The lowest BCUT2D eigenvalue weighted by Gasteiger charge is -2.06. The predicted molar refractivity (Wildman–Crippen MR) is 93.2 cm³/mol. The second kappa shape index (κ2) is 7.47. The molecular formula is C15H14N6O2S. The zero-order valence-electron chi connectivity index (χ0n) is 12.5. The second-order valence-electron chi connectivity index (χ2n) is 4.78. The molecule has 0 amide bonds. The number of hydrogen-bond acceptors (Lipinski definition) is 8. The summed E-state index contributed by atoms with van der Waals surface area (Å²) >= 11 is 1.44. The van der Waals surface area contributed by atoms with E-state index in [2.05, 4.69) is 25.8 Å². The fourth-order valence-corrected chi connectivity index (χ4v) is 2.71. The third-order valence-electron chi connectivity index (χ3n) is 3.12. The molecule has 0 spiro atoms. The third kappa shape index (κ3) is 4.02. The van der Waals surface area contributed by atoms with Crippen LogP contribution in [-0.4, -0.2) is 33.2 Å². The Morgan fingerprint density at radius 3 is 2.54 bits per heavy atom. The molecule has 0 fully saturated rings. The lowest BCUT2D eigenvalue weighted by atomic mass is 10.3. The molecule has 3 aromatic rings. The number of rotatable bonds is 7. The third-order valence-corrected chi connectivity index (χ3v) is 4.02. The monoisotopic (exact) mass is 342 g/mol. The summed E-state index contributed by atoms with van der Waals surface area (Å²) in [5.41, 5.74) is 1.70. The van der Waals surface area contributed by atoms with E-state index in [0.717, 1.165) is 21.5 Å². The number of nitrogens with one attached hydrogen (secondary N) is 2. The maximum Gasteiger partial charge on any atom is 0.269 e. The Hall–Kier alpha value is -3.07. The molecule has 2 aromatic heterocycles. The molecule has 8 nitrogen and oxygen atoms in total. The maximum atomic E-state index is 10.6. The van der Waals surface area contributed by atoms with Crippen LogP contribution in [0.1, 0.15) is 0 Å². The van der Waals surface area contributed by atoms with Crippen molar-refractivity contribution in [2.24, 2.45) is 0 Å². The van der Waals surface area contributed by atoms with E-state index < -0.39 is 4.92 Å². The molecule has 1 aromatic carbocycles. The number of benzene rings is 1. The summed E-state index contributed by atoms with van der Waals surface area (Å²) in [4.78, 5) is 14.4. The first kappa shape index (κ1) is 15.8. The van der Waals surface area contributed by atoms with E-state index in [-0.39, 0.29) is 5.69 Å². The summed E-state index contributed by atoms with van der Waals surface area (Å²) in [5.74, 6) is 0. The molecule has 0 radical (unpaired) electrons. The van der Waals surface area contributed by atoms with Crippen LogP contribution in [0.25, 0.3) is 10.7 Å². The first-order valence-electron chi connectivity index (χ1n) is 7.19. The standard InChI is InChI=1S/C15H14N6O2S/c22-21(23)12-6-4-11(5-7-12)16-9-10-18-15-20-19-14(24-15)13-3-1-2-8-17-13/h1-8,16H,9-10H2,(H,18,20). The highest BCUT2D eigenvalue weighted by molar-refractivity contribution is 7.18. The van der Waals surface area contributed by atoms with E-state index >= 15 is 0 Å². The van der Waals surface area contributed by atoms with Gasteiger partial charge in [-0.15, -0.1) is 10.2 Å². The Morgan fingerprint density at radius 2 is 1.83 bits per heavy atom. The van der Waals surface area contributed by atoms with Crippen LogP contribution < -0.4 is 10.6 Å². The summed E-state index contributed by atoms with van der Waals surface area (Å²) in [6.45, 7) is 1.30. The minimum atomic E-state index is -0.417.